The number of likely N-dealkylation sites (N-methyl/N-ethyl adjacent to an activating group) is 2. The monoisotopic (exact) mass is 240 g/mol. The largest absolute Gasteiger partial charge is 0.480 e. The molecule has 1 aliphatic heterocycles. The number of rotatable bonds is 4. The second-order valence-corrected chi connectivity index (χ2v) is 5.35. The van der Waals surface area contributed by atoms with Crippen molar-refractivity contribution in [3.8, 4) is 0 Å². The molecule has 0 aromatic rings. The number of carboxylic acid groups (broad SMARTS) is 1. The molecule has 2 fully saturated rings. The molecule has 1 unspecified atom stereocenters. The lowest BCUT2D eigenvalue weighted by molar-refractivity contribution is -0.153. The molecule has 1 atom stereocenters. The van der Waals surface area contributed by atoms with Crippen molar-refractivity contribution in [1.29, 1.82) is 0 Å². The normalized spacial score (nSPS) is 26.8. The Balaban J connectivity index is 1.94. The Morgan fingerprint density at radius 3 is 2.53 bits per heavy atom. The number of hydrogen-bond donors (Lipinski definition) is 1. The van der Waals surface area contributed by atoms with E-state index in [1.165, 1.54) is 0 Å². The molecule has 0 aromatic heterocycles. The van der Waals surface area contributed by atoms with Gasteiger partial charge in [-0.25, -0.2) is 0 Å². The molecule has 0 spiro atoms. The van der Waals surface area contributed by atoms with Gasteiger partial charge in [0.1, 0.15) is 5.41 Å². The van der Waals surface area contributed by atoms with E-state index in [2.05, 4.69) is 11.9 Å². The standard InChI is InChI=1S/C12H20N2O3/c1-13-7-3-4-9(13)8-14(2)10(15)12(5-6-12)11(16)17/h9H,3-8H2,1-2H3,(H,16,17). The third-order valence-electron chi connectivity index (χ3n) is 4.07. The third kappa shape index (κ3) is 2.16. The number of likely N-dealkylation sites (tertiary alicyclic amines) is 1. The zero-order valence-electron chi connectivity index (χ0n) is 10.5. The highest BCUT2D eigenvalue weighted by Crippen LogP contribution is 2.47. The van der Waals surface area contributed by atoms with Crippen LogP contribution < -0.4 is 0 Å². The second-order valence-electron chi connectivity index (χ2n) is 5.35. The van der Waals surface area contributed by atoms with Crippen molar-refractivity contribution in [3.05, 3.63) is 0 Å². The number of carbonyl (C=O) groups excluding carboxylic acids is 1. The Morgan fingerprint density at radius 1 is 1.47 bits per heavy atom. The van der Waals surface area contributed by atoms with Crippen molar-refractivity contribution in [2.24, 2.45) is 5.41 Å². The van der Waals surface area contributed by atoms with Crippen molar-refractivity contribution >= 4 is 11.9 Å². The van der Waals surface area contributed by atoms with Crippen LogP contribution in [0.25, 0.3) is 0 Å². The Hall–Kier alpha value is -1.10. The van der Waals surface area contributed by atoms with Gasteiger partial charge in [-0.3, -0.25) is 9.59 Å². The van der Waals surface area contributed by atoms with E-state index in [0.29, 0.717) is 25.4 Å². The quantitative estimate of drug-likeness (QED) is 0.723. The van der Waals surface area contributed by atoms with Gasteiger partial charge in [-0.2, -0.15) is 0 Å². The maximum absolute atomic E-state index is 12.1. The zero-order valence-corrected chi connectivity index (χ0v) is 10.5. The topological polar surface area (TPSA) is 60.9 Å². The fraction of sp³-hybridized carbons (Fsp3) is 0.833. The zero-order chi connectivity index (χ0) is 12.6. The van der Waals surface area contributed by atoms with Gasteiger partial charge < -0.3 is 14.9 Å². The minimum absolute atomic E-state index is 0.217. The molecule has 2 rings (SSSR count). The van der Waals surface area contributed by atoms with Crippen LogP contribution in [0.4, 0.5) is 0 Å². The number of carbonyl (C=O) groups is 2. The maximum Gasteiger partial charge on any atom is 0.319 e. The first-order valence-corrected chi connectivity index (χ1v) is 6.16. The van der Waals surface area contributed by atoms with E-state index in [1.54, 1.807) is 11.9 Å². The van der Waals surface area contributed by atoms with Crippen molar-refractivity contribution in [2.75, 3.05) is 27.2 Å². The van der Waals surface area contributed by atoms with Gasteiger partial charge >= 0.3 is 5.97 Å². The van der Waals surface area contributed by atoms with E-state index in [-0.39, 0.29) is 5.91 Å². The molecule has 0 bridgehead atoms. The average Bonchev–Trinajstić information content (AvgIpc) is 3.00. The summed E-state index contributed by atoms with van der Waals surface area (Å²) in [7, 11) is 3.78. The minimum atomic E-state index is -1.09. The average molecular weight is 240 g/mol. The summed E-state index contributed by atoms with van der Waals surface area (Å²) in [6, 6.07) is 0.383. The van der Waals surface area contributed by atoms with E-state index in [1.807, 2.05) is 0 Å². The Morgan fingerprint density at radius 2 is 2.12 bits per heavy atom. The lowest BCUT2D eigenvalue weighted by Gasteiger charge is -2.27. The molecular formula is C12H20N2O3. The lowest BCUT2D eigenvalue weighted by atomic mass is 10.1. The van der Waals surface area contributed by atoms with Crippen LogP contribution >= 0.6 is 0 Å². The van der Waals surface area contributed by atoms with Crippen LogP contribution in [0.2, 0.25) is 0 Å². The molecule has 5 heteroatoms. The van der Waals surface area contributed by atoms with Crippen LogP contribution in [0.1, 0.15) is 25.7 Å². The van der Waals surface area contributed by atoms with Gasteiger partial charge in [0.2, 0.25) is 5.91 Å². The predicted octanol–water partition coefficient (Wildman–Crippen LogP) is 0.404. The first kappa shape index (κ1) is 12.4. The summed E-state index contributed by atoms with van der Waals surface area (Å²) < 4.78 is 0. The summed E-state index contributed by atoms with van der Waals surface area (Å²) in [5.41, 5.74) is -1.09. The maximum atomic E-state index is 12.1. The smallest absolute Gasteiger partial charge is 0.319 e. The fourth-order valence-electron chi connectivity index (χ4n) is 2.62. The first-order chi connectivity index (χ1) is 7.97. The Bertz CT molecular complexity index is 339. The van der Waals surface area contributed by atoms with E-state index < -0.39 is 11.4 Å². The molecule has 1 heterocycles. The van der Waals surface area contributed by atoms with Crippen LogP contribution in [0.3, 0.4) is 0 Å². The van der Waals surface area contributed by atoms with Gasteiger partial charge in [-0.15, -0.1) is 0 Å². The van der Waals surface area contributed by atoms with Crippen LogP contribution in [0.15, 0.2) is 0 Å². The summed E-state index contributed by atoms with van der Waals surface area (Å²) >= 11 is 0. The molecule has 0 radical (unpaired) electrons. The van der Waals surface area contributed by atoms with Crippen molar-refractivity contribution in [2.45, 2.75) is 31.7 Å². The molecule has 0 aromatic carbocycles. The van der Waals surface area contributed by atoms with Crippen LogP contribution in [-0.4, -0.2) is 60.0 Å². The fourth-order valence-corrected chi connectivity index (χ4v) is 2.62. The predicted molar refractivity (Wildman–Crippen MR) is 62.6 cm³/mol. The highest BCUT2D eigenvalue weighted by molar-refractivity contribution is 6.04. The number of carboxylic acids is 1. The summed E-state index contributed by atoms with van der Waals surface area (Å²) in [6.45, 7) is 1.71. The second kappa shape index (κ2) is 4.29. The summed E-state index contributed by atoms with van der Waals surface area (Å²) in [5, 5.41) is 9.08. The molecule has 1 aliphatic carbocycles. The van der Waals surface area contributed by atoms with Gasteiger partial charge in [0.25, 0.3) is 0 Å². The molecule has 2 aliphatic rings. The summed E-state index contributed by atoms with van der Waals surface area (Å²) in [5.74, 6) is -1.18. The van der Waals surface area contributed by atoms with E-state index >= 15 is 0 Å². The number of hydrogen-bond acceptors (Lipinski definition) is 3. The number of nitrogens with zero attached hydrogens (tertiary/aromatic N) is 2. The molecule has 5 nitrogen and oxygen atoms in total. The highest BCUT2D eigenvalue weighted by atomic mass is 16.4. The van der Waals surface area contributed by atoms with Gasteiger partial charge in [0.15, 0.2) is 0 Å². The summed E-state index contributed by atoms with van der Waals surface area (Å²) in [4.78, 5) is 27.0. The summed E-state index contributed by atoms with van der Waals surface area (Å²) in [6.07, 6.45) is 3.24. The van der Waals surface area contributed by atoms with Gasteiger partial charge in [0.05, 0.1) is 0 Å². The van der Waals surface area contributed by atoms with Crippen LogP contribution in [0.5, 0.6) is 0 Å². The van der Waals surface area contributed by atoms with Gasteiger partial charge in [0, 0.05) is 19.6 Å². The van der Waals surface area contributed by atoms with Gasteiger partial charge in [-0.1, -0.05) is 0 Å². The van der Waals surface area contributed by atoms with Crippen molar-refractivity contribution in [1.82, 2.24) is 9.80 Å². The molecule has 1 amide bonds. The third-order valence-corrected chi connectivity index (χ3v) is 4.07. The number of aliphatic carboxylic acids is 1. The highest BCUT2D eigenvalue weighted by Gasteiger charge is 2.58. The molecule has 1 N–H and O–H groups in total. The molecule has 17 heavy (non-hydrogen) atoms. The molecule has 96 valence electrons. The molecule has 1 saturated carbocycles. The SMILES string of the molecule is CN(CC1CCCN1C)C(=O)C1(C(=O)O)CC1. The van der Waals surface area contributed by atoms with Crippen LogP contribution in [-0.2, 0) is 9.59 Å². The minimum Gasteiger partial charge on any atom is -0.480 e. The number of amides is 1. The van der Waals surface area contributed by atoms with Crippen molar-refractivity contribution in [3.63, 3.8) is 0 Å². The van der Waals surface area contributed by atoms with E-state index in [4.69, 9.17) is 5.11 Å². The molecular weight excluding hydrogens is 220 g/mol. The van der Waals surface area contributed by atoms with E-state index in [9.17, 15) is 9.59 Å². The lowest BCUT2D eigenvalue weighted by Crippen LogP contribution is -2.44. The van der Waals surface area contributed by atoms with E-state index in [0.717, 1.165) is 19.4 Å². The van der Waals surface area contributed by atoms with Crippen molar-refractivity contribution < 1.29 is 14.7 Å². The van der Waals surface area contributed by atoms with Gasteiger partial charge in [-0.05, 0) is 39.3 Å². The first-order valence-electron chi connectivity index (χ1n) is 6.16. The molecule has 1 saturated heterocycles. The van der Waals surface area contributed by atoms with Crippen LogP contribution in [0, 0.1) is 5.41 Å². The Labute approximate surface area is 101 Å². The Kier molecular flexibility index (Phi) is 3.12.